The average Bonchev–Trinajstić information content (AvgIpc) is 2.94. The maximum absolute atomic E-state index is 6.15. The number of nitrogen functional groups attached to an aromatic ring is 1. The zero-order chi connectivity index (χ0) is 9.71. The van der Waals surface area contributed by atoms with Crippen LogP contribution in [0.25, 0.3) is 10.9 Å². The van der Waals surface area contributed by atoms with Crippen molar-refractivity contribution in [3.63, 3.8) is 0 Å². The summed E-state index contributed by atoms with van der Waals surface area (Å²) in [7, 11) is 0. The Balaban J connectivity index is 2.32. The highest BCUT2D eigenvalue weighted by Gasteiger charge is 2.25. The van der Waals surface area contributed by atoms with E-state index in [0.717, 1.165) is 16.1 Å². The van der Waals surface area contributed by atoms with Crippen molar-refractivity contribution in [3.05, 3.63) is 29.4 Å². The third-order valence-corrected chi connectivity index (χ3v) is 3.05. The van der Waals surface area contributed by atoms with Crippen LogP contribution in [-0.2, 0) is 0 Å². The normalized spacial score (nSPS) is 16.4. The fourth-order valence-corrected chi connectivity index (χ4v) is 2.14. The van der Waals surface area contributed by atoms with E-state index < -0.39 is 0 Å². The Bertz CT molecular complexity index is 497. The van der Waals surface area contributed by atoms with Crippen molar-refractivity contribution < 1.29 is 0 Å². The second-order valence-electron chi connectivity index (χ2n) is 3.89. The van der Waals surface area contributed by atoms with Crippen LogP contribution in [0, 0.1) is 0 Å². The van der Waals surface area contributed by atoms with Gasteiger partial charge in [0.1, 0.15) is 0 Å². The van der Waals surface area contributed by atoms with E-state index >= 15 is 0 Å². The van der Waals surface area contributed by atoms with Gasteiger partial charge in [-0.15, -0.1) is 0 Å². The molecule has 0 aliphatic heterocycles. The molecule has 1 aliphatic carbocycles. The third-order valence-electron chi connectivity index (χ3n) is 2.75. The van der Waals surface area contributed by atoms with Crippen molar-refractivity contribution in [1.82, 2.24) is 4.57 Å². The maximum Gasteiger partial charge on any atom is 0.0662 e. The van der Waals surface area contributed by atoms with Gasteiger partial charge in [-0.3, -0.25) is 0 Å². The maximum atomic E-state index is 6.15. The van der Waals surface area contributed by atoms with Crippen LogP contribution in [0.1, 0.15) is 18.9 Å². The molecule has 0 unspecified atom stereocenters. The minimum Gasteiger partial charge on any atom is -0.399 e. The Morgan fingerprint density at radius 3 is 2.86 bits per heavy atom. The Kier molecular flexibility index (Phi) is 1.56. The topological polar surface area (TPSA) is 30.9 Å². The van der Waals surface area contributed by atoms with Crippen LogP contribution in [0.4, 0.5) is 5.69 Å². The van der Waals surface area contributed by atoms with Gasteiger partial charge in [0.15, 0.2) is 0 Å². The summed E-state index contributed by atoms with van der Waals surface area (Å²) in [6.45, 7) is 0. The minimum atomic E-state index is 0.661. The molecule has 2 N–H and O–H groups in total. The van der Waals surface area contributed by atoms with Gasteiger partial charge >= 0.3 is 0 Å². The van der Waals surface area contributed by atoms with Crippen molar-refractivity contribution in [1.29, 1.82) is 0 Å². The predicted molar refractivity (Wildman–Crippen MR) is 59.6 cm³/mol. The van der Waals surface area contributed by atoms with Gasteiger partial charge in [-0.2, -0.15) is 0 Å². The molecule has 14 heavy (non-hydrogen) atoms. The lowest BCUT2D eigenvalue weighted by atomic mass is 10.2. The smallest absolute Gasteiger partial charge is 0.0662 e. The molecular formula is C11H11ClN2. The Morgan fingerprint density at radius 1 is 1.36 bits per heavy atom. The number of benzene rings is 1. The second kappa shape index (κ2) is 2.67. The first-order chi connectivity index (χ1) is 6.75. The molecule has 0 radical (unpaired) electrons. The number of aromatic nitrogens is 1. The van der Waals surface area contributed by atoms with Crippen molar-refractivity contribution in [2.45, 2.75) is 18.9 Å². The van der Waals surface area contributed by atoms with Crippen LogP contribution < -0.4 is 5.73 Å². The summed E-state index contributed by atoms with van der Waals surface area (Å²) >= 11 is 6.15. The molecular weight excluding hydrogens is 196 g/mol. The van der Waals surface area contributed by atoms with Gasteiger partial charge in [0.05, 0.1) is 5.02 Å². The highest BCUT2D eigenvalue weighted by atomic mass is 35.5. The first-order valence-electron chi connectivity index (χ1n) is 4.81. The molecule has 1 fully saturated rings. The van der Waals surface area contributed by atoms with E-state index in [0.29, 0.717) is 6.04 Å². The molecule has 72 valence electrons. The Morgan fingerprint density at radius 2 is 2.14 bits per heavy atom. The number of nitrogens with two attached hydrogens (primary N) is 1. The number of nitrogens with zero attached hydrogens (tertiary/aromatic N) is 1. The summed E-state index contributed by atoms with van der Waals surface area (Å²) in [6, 6.07) is 6.58. The van der Waals surface area contributed by atoms with Gasteiger partial charge in [0, 0.05) is 28.8 Å². The Labute approximate surface area is 87.3 Å². The summed E-state index contributed by atoms with van der Waals surface area (Å²) in [6.07, 6.45) is 4.55. The quantitative estimate of drug-likeness (QED) is 0.714. The molecule has 1 aromatic heterocycles. The van der Waals surface area contributed by atoms with Crippen LogP contribution in [0.3, 0.4) is 0 Å². The second-order valence-corrected chi connectivity index (χ2v) is 4.30. The Hall–Kier alpha value is -1.15. The molecule has 0 spiro atoms. The number of rotatable bonds is 1. The van der Waals surface area contributed by atoms with E-state index in [1.54, 1.807) is 0 Å². The van der Waals surface area contributed by atoms with Gasteiger partial charge in [0.25, 0.3) is 0 Å². The number of halogens is 1. The SMILES string of the molecule is Nc1ccc2c(c1)c(Cl)cn2C1CC1. The summed E-state index contributed by atoms with van der Waals surface area (Å²) in [5.74, 6) is 0. The molecule has 1 aliphatic rings. The zero-order valence-electron chi connectivity index (χ0n) is 7.70. The van der Waals surface area contributed by atoms with Crippen LogP contribution in [-0.4, -0.2) is 4.57 Å². The van der Waals surface area contributed by atoms with Crippen molar-refractivity contribution >= 4 is 28.2 Å². The molecule has 0 bridgehead atoms. The minimum absolute atomic E-state index is 0.661. The molecule has 1 saturated carbocycles. The molecule has 1 heterocycles. The van der Waals surface area contributed by atoms with E-state index in [4.69, 9.17) is 17.3 Å². The molecule has 2 nitrogen and oxygen atoms in total. The fourth-order valence-electron chi connectivity index (χ4n) is 1.89. The van der Waals surface area contributed by atoms with E-state index in [1.165, 1.54) is 18.4 Å². The highest BCUT2D eigenvalue weighted by Crippen LogP contribution is 2.40. The van der Waals surface area contributed by atoms with Gasteiger partial charge in [-0.1, -0.05) is 11.6 Å². The first kappa shape index (κ1) is 8.18. The fraction of sp³-hybridized carbons (Fsp3) is 0.273. The molecule has 0 saturated heterocycles. The molecule has 0 atom stereocenters. The standard InChI is InChI=1S/C11H11ClN2/c12-10-6-14(8-2-3-8)11-4-1-7(13)5-9(10)11/h1,4-6,8H,2-3,13H2. The predicted octanol–water partition coefficient (Wildman–Crippen LogP) is 3.21. The monoisotopic (exact) mass is 206 g/mol. The summed E-state index contributed by atoms with van der Waals surface area (Å²) < 4.78 is 2.26. The summed E-state index contributed by atoms with van der Waals surface area (Å²) in [5.41, 5.74) is 7.70. The number of anilines is 1. The lowest BCUT2D eigenvalue weighted by Gasteiger charge is -2.01. The zero-order valence-corrected chi connectivity index (χ0v) is 8.46. The molecule has 3 heteroatoms. The largest absolute Gasteiger partial charge is 0.399 e. The third kappa shape index (κ3) is 1.11. The first-order valence-corrected chi connectivity index (χ1v) is 5.19. The average molecular weight is 207 g/mol. The molecule has 3 rings (SSSR count). The van der Waals surface area contributed by atoms with Crippen LogP contribution in [0.15, 0.2) is 24.4 Å². The highest BCUT2D eigenvalue weighted by molar-refractivity contribution is 6.35. The van der Waals surface area contributed by atoms with Gasteiger partial charge < -0.3 is 10.3 Å². The summed E-state index contributed by atoms with van der Waals surface area (Å²) in [5, 5.41) is 1.87. The lowest BCUT2D eigenvalue weighted by molar-refractivity contribution is 0.776. The van der Waals surface area contributed by atoms with Crippen molar-refractivity contribution in [2.75, 3.05) is 5.73 Å². The van der Waals surface area contributed by atoms with Crippen LogP contribution in [0.2, 0.25) is 5.02 Å². The molecule has 1 aromatic carbocycles. The molecule has 0 amide bonds. The lowest BCUT2D eigenvalue weighted by Crippen LogP contribution is -1.90. The van der Waals surface area contributed by atoms with Gasteiger partial charge in [-0.25, -0.2) is 0 Å². The van der Waals surface area contributed by atoms with Crippen LogP contribution in [0.5, 0.6) is 0 Å². The van der Waals surface area contributed by atoms with Gasteiger partial charge in [-0.05, 0) is 31.0 Å². The van der Waals surface area contributed by atoms with E-state index in [-0.39, 0.29) is 0 Å². The number of hydrogen-bond acceptors (Lipinski definition) is 1. The number of fused-ring (bicyclic) bond motifs is 1. The van der Waals surface area contributed by atoms with Crippen LogP contribution >= 0.6 is 11.6 Å². The number of hydrogen-bond donors (Lipinski definition) is 1. The van der Waals surface area contributed by atoms with Crippen molar-refractivity contribution in [3.8, 4) is 0 Å². The molecule has 2 aromatic rings. The van der Waals surface area contributed by atoms with Crippen molar-refractivity contribution in [2.24, 2.45) is 0 Å². The van der Waals surface area contributed by atoms with E-state index in [2.05, 4.69) is 10.6 Å². The van der Waals surface area contributed by atoms with Gasteiger partial charge in [0.2, 0.25) is 0 Å². The van der Waals surface area contributed by atoms with E-state index in [9.17, 15) is 0 Å². The van der Waals surface area contributed by atoms with E-state index in [1.807, 2.05) is 18.3 Å². The summed E-state index contributed by atoms with van der Waals surface area (Å²) in [4.78, 5) is 0.